The zero-order chi connectivity index (χ0) is 9.14. The maximum Gasteiger partial charge on any atom is 0.183 e. The minimum Gasteiger partial charge on any atom is -0.391 e. The molecular weight excluding hydrogens is 160 g/mol. The third-order valence-corrected chi connectivity index (χ3v) is 1.69. The summed E-state index contributed by atoms with van der Waals surface area (Å²) in [6, 6.07) is 0. The fourth-order valence-corrected chi connectivity index (χ4v) is 1.17. The first kappa shape index (κ1) is 9.92. The van der Waals surface area contributed by atoms with Crippen molar-refractivity contribution in [1.29, 1.82) is 0 Å². The van der Waals surface area contributed by atoms with Gasteiger partial charge >= 0.3 is 0 Å². The van der Waals surface area contributed by atoms with Crippen molar-refractivity contribution in [1.82, 2.24) is 0 Å². The van der Waals surface area contributed by atoms with Crippen LogP contribution in [0.1, 0.15) is 20.3 Å². The monoisotopic (exact) mass is 176 g/mol. The number of rotatable bonds is 2. The zero-order valence-corrected chi connectivity index (χ0v) is 7.43. The molecule has 1 rings (SSSR count). The maximum atomic E-state index is 9.38. The predicted molar refractivity (Wildman–Crippen MR) is 42.6 cm³/mol. The predicted octanol–water partition coefficient (Wildman–Crippen LogP) is -0.120. The van der Waals surface area contributed by atoms with Crippen molar-refractivity contribution in [3.8, 4) is 0 Å². The van der Waals surface area contributed by atoms with E-state index in [2.05, 4.69) is 0 Å². The van der Waals surface area contributed by atoms with Gasteiger partial charge in [-0.3, -0.25) is 0 Å². The maximum absolute atomic E-state index is 9.38. The van der Waals surface area contributed by atoms with Crippen LogP contribution in [0, 0.1) is 0 Å². The quantitative estimate of drug-likeness (QED) is 0.616. The van der Waals surface area contributed by atoms with Crippen molar-refractivity contribution in [2.45, 2.75) is 44.9 Å². The van der Waals surface area contributed by atoms with Crippen LogP contribution in [0.3, 0.4) is 0 Å². The van der Waals surface area contributed by atoms with Crippen LogP contribution in [0.5, 0.6) is 0 Å². The van der Waals surface area contributed by atoms with E-state index in [1.54, 1.807) is 0 Å². The van der Waals surface area contributed by atoms with E-state index >= 15 is 0 Å². The second-order valence-corrected chi connectivity index (χ2v) is 3.34. The highest BCUT2D eigenvalue weighted by molar-refractivity contribution is 4.72. The topological polar surface area (TPSA) is 58.9 Å². The Morgan fingerprint density at radius 3 is 2.58 bits per heavy atom. The highest BCUT2D eigenvalue weighted by atomic mass is 16.7. The van der Waals surface area contributed by atoms with Gasteiger partial charge in [0.25, 0.3) is 0 Å². The first-order valence-corrected chi connectivity index (χ1v) is 4.22. The molecule has 0 amide bonds. The van der Waals surface area contributed by atoms with Crippen molar-refractivity contribution >= 4 is 0 Å². The summed E-state index contributed by atoms with van der Waals surface area (Å²) in [4.78, 5) is 0. The van der Waals surface area contributed by atoms with E-state index in [0.717, 1.165) is 0 Å². The number of ether oxygens (including phenoxy) is 2. The average Bonchev–Trinajstić information content (AvgIpc) is 1.94. The number of hydrogen-bond donors (Lipinski definition) is 2. The minimum atomic E-state index is -0.712. The van der Waals surface area contributed by atoms with Gasteiger partial charge in [0.15, 0.2) is 6.29 Å². The molecule has 1 aliphatic heterocycles. The lowest BCUT2D eigenvalue weighted by Gasteiger charge is -2.31. The van der Waals surface area contributed by atoms with E-state index in [0.29, 0.717) is 6.42 Å². The highest BCUT2D eigenvalue weighted by Crippen LogP contribution is 2.16. The number of hydrogen-bond acceptors (Lipinski definition) is 4. The molecule has 0 aromatic carbocycles. The van der Waals surface area contributed by atoms with Gasteiger partial charge in [0.1, 0.15) is 6.10 Å². The van der Waals surface area contributed by atoms with Gasteiger partial charge in [-0.2, -0.15) is 0 Å². The van der Waals surface area contributed by atoms with Crippen molar-refractivity contribution in [3.63, 3.8) is 0 Å². The smallest absolute Gasteiger partial charge is 0.183 e. The highest BCUT2D eigenvalue weighted by Gasteiger charge is 2.29. The van der Waals surface area contributed by atoms with Crippen molar-refractivity contribution in [3.05, 3.63) is 0 Å². The lowest BCUT2D eigenvalue weighted by Crippen LogP contribution is -2.43. The van der Waals surface area contributed by atoms with Gasteiger partial charge in [0.2, 0.25) is 0 Å². The van der Waals surface area contributed by atoms with Crippen LogP contribution in [-0.2, 0) is 9.47 Å². The second-order valence-electron chi connectivity index (χ2n) is 3.34. The van der Waals surface area contributed by atoms with Gasteiger partial charge in [0, 0.05) is 6.42 Å². The molecule has 0 aromatic rings. The third kappa shape index (κ3) is 2.71. The summed E-state index contributed by atoms with van der Waals surface area (Å²) < 4.78 is 10.4. The summed E-state index contributed by atoms with van der Waals surface area (Å²) >= 11 is 0. The zero-order valence-electron chi connectivity index (χ0n) is 7.43. The summed E-state index contributed by atoms with van der Waals surface area (Å²) in [7, 11) is 0. The molecule has 1 saturated heterocycles. The molecule has 0 radical (unpaired) electrons. The molecule has 1 aliphatic rings. The standard InChI is InChI=1S/C8H16O4/c1-5(2)12-8-7(10)3-6(9)4-11-8/h5-10H,3-4H2,1-2H3. The average molecular weight is 176 g/mol. The Morgan fingerprint density at radius 1 is 1.42 bits per heavy atom. The van der Waals surface area contributed by atoms with Gasteiger partial charge in [0.05, 0.1) is 18.8 Å². The van der Waals surface area contributed by atoms with Crippen molar-refractivity contribution in [2.24, 2.45) is 0 Å². The lowest BCUT2D eigenvalue weighted by molar-refractivity contribution is -0.247. The van der Waals surface area contributed by atoms with Crippen molar-refractivity contribution < 1.29 is 19.7 Å². The van der Waals surface area contributed by atoms with E-state index in [1.165, 1.54) is 0 Å². The third-order valence-electron chi connectivity index (χ3n) is 1.69. The van der Waals surface area contributed by atoms with E-state index in [4.69, 9.17) is 14.6 Å². The Kier molecular flexibility index (Phi) is 3.46. The SMILES string of the molecule is CC(C)OC1OCC(O)CC1O. The first-order valence-electron chi connectivity index (χ1n) is 4.22. The van der Waals surface area contributed by atoms with Crippen LogP contribution in [0.2, 0.25) is 0 Å². The number of aliphatic hydroxyl groups excluding tert-OH is 2. The lowest BCUT2D eigenvalue weighted by atomic mass is 10.1. The minimum absolute atomic E-state index is 0.0277. The summed E-state index contributed by atoms with van der Waals surface area (Å²) in [5.74, 6) is 0. The van der Waals surface area contributed by atoms with Crippen LogP contribution < -0.4 is 0 Å². The first-order chi connectivity index (χ1) is 5.59. The fourth-order valence-electron chi connectivity index (χ4n) is 1.17. The molecule has 2 N–H and O–H groups in total. The number of aliphatic hydroxyl groups is 2. The molecule has 3 atom stereocenters. The molecule has 12 heavy (non-hydrogen) atoms. The summed E-state index contributed by atoms with van der Waals surface area (Å²) in [6.07, 6.45) is -1.49. The Labute approximate surface area is 72.1 Å². The van der Waals surface area contributed by atoms with E-state index in [-0.39, 0.29) is 12.7 Å². The molecule has 0 aromatic heterocycles. The Morgan fingerprint density at radius 2 is 2.08 bits per heavy atom. The van der Waals surface area contributed by atoms with Crippen LogP contribution in [-0.4, -0.2) is 41.4 Å². The van der Waals surface area contributed by atoms with Gasteiger partial charge < -0.3 is 19.7 Å². The molecule has 4 heteroatoms. The Hall–Kier alpha value is -0.160. The normalized spacial score (nSPS) is 37.2. The fraction of sp³-hybridized carbons (Fsp3) is 1.00. The van der Waals surface area contributed by atoms with Gasteiger partial charge in [-0.15, -0.1) is 0 Å². The molecule has 0 aliphatic carbocycles. The molecule has 0 spiro atoms. The van der Waals surface area contributed by atoms with Gasteiger partial charge in [-0.1, -0.05) is 0 Å². The van der Waals surface area contributed by atoms with Crippen molar-refractivity contribution in [2.75, 3.05) is 6.61 Å². The molecule has 1 fully saturated rings. The molecular formula is C8H16O4. The summed E-state index contributed by atoms with van der Waals surface area (Å²) in [5, 5.41) is 18.5. The largest absolute Gasteiger partial charge is 0.391 e. The molecule has 3 unspecified atom stereocenters. The van der Waals surface area contributed by atoms with Gasteiger partial charge in [-0.25, -0.2) is 0 Å². The Balaban J connectivity index is 2.34. The van der Waals surface area contributed by atoms with Crippen LogP contribution >= 0.6 is 0 Å². The molecule has 4 nitrogen and oxygen atoms in total. The molecule has 72 valence electrons. The summed E-state index contributed by atoms with van der Waals surface area (Å²) in [5.41, 5.74) is 0. The molecule has 0 bridgehead atoms. The summed E-state index contributed by atoms with van der Waals surface area (Å²) in [6.45, 7) is 4.00. The van der Waals surface area contributed by atoms with E-state index in [1.807, 2.05) is 13.8 Å². The van der Waals surface area contributed by atoms with E-state index < -0.39 is 18.5 Å². The van der Waals surface area contributed by atoms with E-state index in [9.17, 15) is 5.11 Å². The van der Waals surface area contributed by atoms with Crippen LogP contribution in [0.15, 0.2) is 0 Å². The van der Waals surface area contributed by atoms with Gasteiger partial charge in [-0.05, 0) is 13.8 Å². The molecule has 0 saturated carbocycles. The van der Waals surface area contributed by atoms with Crippen LogP contribution in [0.4, 0.5) is 0 Å². The second kappa shape index (κ2) is 4.18. The van der Waals surface area contributed by atoms with Crippen LogP contribution in [0.25, 0.3) is 0 Å². The Bertz CT molecular complexity index is 137. The molecule has 1 heterocycles.